The molecule has 4 heterocycles. The summed E-state index contributed by atoms with van der Waals surface area (Å²) in [6, 6.07) is 15.8. The van der Waals surface area contributed by atoms with Gasteiger partial charge in [0.25, 0.3) is 11.5 Å². The smallest absolute Gasteiger partial charge is 0.301 e. The van der Waals surface area contributed by atoms with Crippen LogP contribution in [0.2, 0.25) is 0 Å². The lowest BCUT2D eigenvalue weighted by Crippen LogP contribution is -2.29. The molecule has 0 radical (unpaired) electrons. The number of ketones is 1. The van der Waals surface area contributed by atoms with Crippen LogP contribution in [-0.4, -0.2) is 41.3 Å². The number of hydrogen-bond donors (Lipinski definition) is 1. The molecule has 1 amide bonds. The van der Waals surface area contributed by atoms with E-state index in [9.17, 15) is 29.2 Å². The van der Waals surface area contributed by atoms with E-state index in [1.807, 2.05) is 0 Å². The number of amides is 1. The minimum absolute atomic E-state index is 0.0744. The summed E-state index contributed by atoms with van der Waals surface area (Å²) in [5, 5.41) is 31.2. The molecule has 11 nitrogen and oxygen atoms in total. The summed E-state index contributed by atoms with van der Waals surface area (Å²) in [7, 11) is 0. The predicted octanol–water partition coefficient (Wildman–Crippen LogP) is 5.46. The number of halogens is 1. The molecular formula is C28H19FN6O5S2. The first-order valence-corrected chi connectivity index (χ1v) is 14.2. The highest BCUT2D eigenvalue weighted by molar-refractivity contribution is 8.00. The largest absolute Gasteiger partial charge is 0.505 e. The van der Waals surface area contributed by atoms with E-state index >= 15 is 0 Å². The Balaban J connectivity index is 1.45. The minimum Gasteiger partial charge on any atom is -0.505 e. The van der Waals surface area contributed by atoms with Gasteiger partial charge in [-0.25, -0.2) is 9.37 Å². The highest BCUT2D eigenvalue weighted by Crippen LogP contribution is 2.44. The molecule has 42 heavy (non-hydrogen) atoms. The SMILES string of the molecule is Cc1nc2ccccn2c1/C(O)=C1\C(=O)C(=O)N(c2nnc(SCc3ccccc3F)s2)C1c1ccc([N+](=O)[O-])cc1. The predicted molar refractivity (Wildman–Crippen MR) is 154 cm³/mol. The summed E-state index contributed by atoms with van der Waals surface area (Å²) in [6.07, 6.45) is 1.67. The van der Waals surface area contributed by atoms with Gasteiger partial charge in [-0.3, -0.25) is 29.0 Å². The Labute approximate surface area is 245 Å². The highest BCUT2D eigenvalue weighted by atomic mass is 32.2. The molecule has 1 fully saturated rings. The third-order valence-corrected chi connectivity index (χ3v) is 8.81. The average Bonchev–Trinajstić information content (AvgIpc) is 3.66. The molecule has 3 aromatic heterocycles. The van der Waals surface area contributed by atoms with Gasteiger partial charge in [0.05, 0.1) is 22.2 Å². The van der Waals surface area contributed by atoms with E-state index in [1.54, 1.807) is 53.9 Å². The summed E-state index contributed by atoms with van der Waals surface area (Å²) in [5.74, 6) is -2.46. The Hall–Kier alpha value is -4.95. The molecule has 5 aromatic rings. The molecule has 1 saturated heterocycles. The van der Waals surface area contributed by atoms with Gasteiger partial charge in [-0.05, 0) is 48.4 Å². The zero-order chi connectivity index (χ0) is 29.5. The van der Waals surface area contributed by atoms with Crippen LogP contribution in [-0.2, 0) is 15.3 Å². The van der Waals surface area contributed by atoms with Crippen molar-refractivity contribution in [3.05, 3.63) is 117 Å². The van der Waals surface area contributed by atoms with Gasteiger partial charge in [0.2, 0.25) is 5.13 Å². The Kier molecular flexibility index (Phi) is 7.00. The van der Waals surface area contributed by atoms with Gasteiger partial charge in [-0.1, -0.05) is 47.4 Å². The number of anilines is 1. The van der Waals surface area contributed by atoms with E-state index in [4.69, 9.17) is 0 Å². The first-order valence-electron chi connectivity index (χ1n) is 12.4. The molecule has 6 rings (SSSR count). The number of nitro benzene ring substituents is 1. The lowest BCUT2D eigenvalue weighted by atomic mass is 9.96. The zero-order valence-electron chi connectivity index (χ0n) is 21.7. The number of pyridine rings is 1. The number of fused-ring (bicyclic) bond motifs is 1. The van der Waals surface area contributed by atoms with Crippen molar-refractivity contribution < 1.29 is 24.0 Å². The fourth-order valence-corrected chi connectivity index (χ4v) is 6.62. The number of carbonyl (C=O) groups is 2. The topological polar surface area (TPSA) is 144 Å². The number of nitro groups is 1. The van der Waals surface area contributed by atoms with Gasteiger partial charge in [-0.15, -0.1) is 10.2 Å². The molecule has 0 saturated carbocycles. The van der Waals surface area contributed by atoms with Crippen LogP contribution in [0.5, 0.6) is 0 Å². The van der Waals surface area contributed by atoms with E-state index in [-0.39, 0.29) is 33.7 Å². The Morgan fingerprint density at radius 2 is 1.83 bits per heavy atom. The number of non-ortho nitro benzene ring substituents is 1. The third-order valence-electron chi connectivity index (χ3n) is 6.70. The van der Waals surface area contributed by atoms with Crippen molar-refractivity contribution >= 4 is 57.0 Å². The lowest BCUT2D eigenvalue weighted by molar-refractivity contribution is -0.384. The van der Waals surface area contributed by atoms with Crippen molar-refractivity contribution in [2.45, 2.75) is 23.1 Å². The van der Waals surface area contributed by atoms with Gasteiger partial charge < -0.3 is 5.11 Å². The standard InChI is InChI=1S/C28H19FN6O5S2/c1-15-22(33-13-5-4-8-20(33)30-15)24(36)21-23(16-9-11-18(12-10-16)35(39)40)34(26(38)25(21)37)27-31-32-28(42-27)41-14-17-6-2-3-7-19(17)29/h2-13,23,36H,14H2,1H3/b24-21+. The summed E-state index contributed by atoms with van der Waals surface area (Å²) >= 11 is 2.24. The van der Waals surface area contributed by atoms with Crippen molar-refractivity contribution in [2.24, 2.45) is 0 Å². The normalized spacial score (nSPS) is 16.4. The molecule has 1 unspecified atom stereocenters. The van der Waals surface area contributed by atoms with Crippen LogP contribution >= 0.6 is 23.1 Å². The van der Waals surface area contributed by atoms with Gasteiger partial charge in [0.1, 0.15) is 17.2 Å². The van der Waals surface area contributed by atoms with Gasteiger partial charge >= 0.3 is 5.91 Å². The van der Waals surface area contributed by atoms with Crippen molar-refractivity contribution in [1.82, 2.24) is 19.6 Å². The highest BCUT2D eigenvalue weighted by Gasteiger charge is 2.49. The molecule has 2 aromatic carbocycles. The summed E-state index contributed by atoms with van der Waals surface area (Å²) in [4.78, 5) is 43.4. The summed E-state index contributed by atoms with van der Waals surface area (Å²) < 4.78 is 16.1. The maximum Gasteiger partial charge on any atom is 0.301 e. The van der Waals surface area contributed by atoms with Crippen molar-refractivity contribution in [3.8, 4) is 0 Å². The van der Waals surface area contributed by atoms with Crippen LogP contribution in [0.25, 0.3) is 11.4 Å². The van der Waals surface area contributed by atoms with E-state index in [0.717, 1.165) is 16.2 Å². The fraction of sp³-hybridized carbons (Fsp3) is 0.107. The quantitative estimate of drug-likeness (QED) is 0.0488. The number of hydrogen-bond acceptors (Lipinski definition) is 10. The van der Waals surface area contributed by atoms with Gasteiger partial charge in [0, 0.05) is 24.1 Å². The van der Waals surface area contributed by atoms with Crippen LogP contribution in [0, 0.1) is 22.9 Å². The summed E-state index contributed by atoms with van der Waals surface area (Å²) in [6.45, 7) is 1.67. The van der Waals surface area contributed by atoms with E-state index < -0.39 is 28.4 Å². The number of carbonyl (C=O) groups excluding carboxylic acids is 2. The lowest BCUT2D eigenvalue weighted by Gasteiger charge is -2.22. The number of Topliss-reactive ketones (excluding diaryl/α,β-unsaturated/α-hetero) is 1. The Bertz CT molecular complexity index is 1920. The van der Waals surface area contributed by atoms with Crippen LogP contribution in [0.3, 0.4) is 0 Å². The Morgan fingerprint density at radius 1 is 1.10 bits per heavy atom. The second kappa shape index (κ2) is 10.8. The molecule has 210 valence electrons. The second-order valence-corrected chi connectivity index (χ2v) is 11.4. The summed E-state index contributed by atoms with van der Waals surface area (Å²) in [5.41, 5.74) is 1.58. The third kappa shape index (κ3) is 4.69. The van der Waals surface area contributed by atoms with Gasteiger partial charge in [-0.2, -0.15) is 0 Å². The average molecular weight is 603 g/mol. The molecule has 1 aliphatic heterocycles. The molecule has 1 N–H and O–H groups in total. The Morgan fingerprint density at radius 3 is 2.57 bits per heavy atom. The van der Waals surface area contributed by atoms with Crippen LogP contribution < -0.4 is 4.90 Å². The van der Waals surface area contributed by atoms with Crippen molar-refractivity contribution in [3.63, 3.8) is 0 Å². The molecule has 0 spiro atoms. The monoisotopic (exact) mass is 602 g/mol. The number of aliphatic hydroxyl groups is 1. The van der Waals surface area contributed by atoms with Crippen molar-refractivity contribution in [2.75, 3.05) is 4.90 Å². The number of imidazole rings is 1. The maximum atomic E-state index is 14.1. The molecule has 14 heteroatoms. The minimum atomic E-state index is -1.17. The number of nitrogens with zero attached hydrogens (tertiary/aromatic N) is 6. The first-order chi connectivity index (χ1) is 20.2. The molecule has 0 bridgehead atoms. The molecule has 0 aliphatic carbocycles. The van der Waals surface area contributed by atoms with E-state index in [1.165, 1.54) is 42.1 Å². The second-order valence-electron chi connectivity index (χ2n) is 9.22. The van der Waals surface area contributed by atoms with Crippen LogP contribution in [0.4, 0.5) is 15.2 Å². The molecule has 1 aliphatic rings. The number of rotatable bonds is 7. The van der Waals surface area contributed by atoms with Gasteiger partial charge in [0.15, 0.2) is 10.1 Å². The van der Waals surface area contributed by atoms with Crippen molar-refractivity contribution in [1.29, 1.82) is 0 Å². The molecule has 1 atom stereocenters. The number of aromatic nitrogens is 4. The molecular weight excluding hydrogens is 583 g/mol. The number of benzene rings is 2. The van der Waals surface area contributed by atoms with Crippen LogP contribution in [0.15, 0.2) is 82.8 Å². The maximum absolute atomic E-state index is 14.1. The van der Waals surface area contributed by atoms with E-state index in [0.29, 0.717) is 26.8 Å². The number of aryl methyl sites for hydroxylation is 1. The number of thioether (sulfide) groups is 1. The first kappa shape index (κ1) is 27.2. The van der Waals surface area contributed by atoms with Crippen LogP contribution in [0.1, 0.15) is 28.6 Å². The number of aliphatic hydroxyl groups excluding tert-OH is 1. The fourth-order valence-electron chi connectivity index (χ4n) is 4.76. The zero-order valence-corrected chi connectivity index (χ0v) is 23.3. The van der Waals surface area contributed by atoms with E-state index in [2.05, 4.69) is 15.2 Å².